The number of aryl methyl sites for hydroxylation is 2. The van der Waals surface area contributed by atoms with Crippen molar-refractivity contribution in [2.45, 2.75) is 19.3 Å². The maximum atomic E-state index is 2.30. The topological polar surface area (TPSA) is 0 Å². The highest BCUT2D eigenvalue weighted by Gasteiger charge is 2.17. The van der Waals surface area contributed by atoms with Crippen molar-refractivity contribution in [1.82, 2.24) is 0 Å². The third-order valence-electron chi connectivity index (χ3n) is 1.55. The van der Waals surface area contributed by atoms with Gasteiger partial charge in [0.25, 0.3) is 10.3 Å². The van der Waals surface area contributed by atoms with E-state index in [1.165, 1.54) is 19.3 Å². The first-order valence-corrected chi connectivity index (χ1v) is 5.07. The molecule has 42 valence electrons. The third-order valence-corrected chi connectivity index (χ3v) is 3.87. The summed E-state index contributed by atoms with van der Waals surface area (Å²) < 4.78 is 0. The van der Waals surface area contributed by atoms with Gasteiger partial charge in [0.15, 0.2) is 10.3 Å². The molecule has 0 N–H and O–H groups in total. The third kappa shape index (κ3) is 0.599. The summed E-state index contributed by atoms with van der Waals surface area (Å²) in [7, 11) is 3.84. The summed E-state index contributed by atoms with van der Waals surface area (Å²) >= 11 is 0. The van der Waals surface area contributed by atoms with E-state index in [2.05, 4.69) is 5.38 Å². The molecular formula is C6H7S2+. The molecule has 0 nitrogen and oxygen atoms in total. The summed E-state index contributed by atoms with van der Waals surface area (Å²) in [6, 6.07) is 0. The van der Waals surface area contributed by atoms with Crippen LogP contribution in [0, 0.1) is 0 Å². The predicted molar refractivity (Wildman–Crippen MR) is 38.6 cm³/mol. The molecule has 1 heterocycles. The Morgan fingerprint density at radius 3 is 3.38 bits per heavy atom. The van der Waals surface area contributed by atoms with Gasteiger partial charge in [0.05, 0.1) is 4.88 Å². The Morgan fingerprint density at radius 2 is 2.50 bits per heavy atom. The largest absolute Gasteiger partial charge is 0.292 e. The monoisotopic (exact) mass is 143 g/mol. The first-order valence-electron chi connectivity index (χ1n) is 2.85. The summed E-state index contributed by atoms with van der Waals surface area (Å²) in [5.74, 6) is 0. The maximum Gasteiger partial charge on any atom is 0.292 e. The van der Waals surface area contributed by atoms with Crippen LogP contribution in [0.1, 0.15) is 16.9 Å². The highest BCUT2D eigenvalue weighted by Crippen LogP contribution is 2.29. The highest BCUT2D eigenvalue weighted by molar-refractivity contribution is 7.68. The molecule has 0 aromatic carbocycles. The molecule has 1 aliphatic rings. The highest BCUT2D eigenvalue weighted by atomic mass is 32.9. The SMILES string of the molecule is c1[s+]sc2c1CCC2. The molecule has 0 unspecified atom stereocenters. The zero-order chi connectivity index (χ0) is 5.40. The lowest BCUT2D eigenvalue weighted by Gasteiger charge is -1.71. The van der Waals surface area contributed by atoms with E-state index >= 15 is 0 Å². The normalized spacial score (nSPS) is 16.5. The van der Waals surface area contributed by atoms with Crippen LogP contribution >= 0.6 is 20.7 Å². The zero-order valence-electron chi connectivity index (χ0n) is 4.52. The Morgan fingerprint density at radius 1 is 1.50 bits per heavy atom. The van der Waals surface area contributed by atoms with Gasteiger partial charge in [-0.15, -0.1) is 0 Å². The van der Waals surface area contributed by atoms with Crippen molar-refractivity contribution >= 4 is 20.7 Å². The number of hydrogen-bond donors (Lipinski definition) is 0. The van der Waals surface area contributed by atoms with E-state index in [0.29, 0.717) is 0 Å². The van der Waals surface area contributed by atoms with Gasteiger partial charge in [-0.1, -0.05) is 0 Å². The van der Waals surface area contributed by atoms with Gasteiger partial charge < -0.3 is 0 Å². The van der Waals surface area contributed by atoms with Crippen molar-refractivity contribution in [1.29, 1.82) is 0 Å². The Bertz CT molecular complexity index is 172. The lowest BCUT2D eigenvalue weighted by Crippen LogP contribution is -1.66. The van der Waals surface area contributed by atoms with E-state index in [1.54, 1.807) is 10.4 Å². The molecule has 0 spiro atoms. The Labute approximate surface area is 56.2 Å². The predicted octanol–water partition coefficient (Wildman–Crippen LogP) is 2.58. The van der Waals surface area contributed by atoms with Crippen LogP contribution in [0.2, 0.25) is 0 Å². The van der Waals surface area contributed by atoms with E-state index in [0.717, 1.165) is 0 Å². The van der Waals surface area contributed by atoms with E-state index in [9.17, 15) is 0 Å². The van der Waals surface area contributed by atoms with Gasteiger partial charge in [-0.3, -0.25) is 0 Å². The van der Waals surface area contributed by atoms with Crippen LogP contribution in [0.5, 0.6) is 0 Å². The van der Waals surface area contributed by atoms with Crippen LogP contribution in [-0.2, 0) is 12.8 Å². The van der Waals surface area contributed by atoms with Gasteiger partial charge in [0.1, 0.15) is 0 Å². The van der Waals surface area contributed by atoms with Crippen molar-refractivity contribution < 1.29 is 0 Å². The average molecular weight is 143 g/mol. The van der Waals surface area contributed by atoms with Crippen molar-refractivity contribution in [3.05, 3.63) is 15.8 Å². The fourth-order valence-electron chi connectivity index (χ4n) is 1.10. The minimum Gasteiger partial charge on any atom is -0.0440 e. The molecule has 0 fully saturated rings. The summed E-state index contributed by atoms with van der Waals surface area (Å²) in [4.78, 5) is 1.65. The molecule has 1 aromatic heterocycles. The lowest BCUT2D eigenvalue weighted by molar-refractivity contribution is 0.916. The van der Waals surface area contributed by atoms with Crippen molar-refractivity contribution in [3.63, 3.8) is 0 Å². The number of fused-ring (bicyclic) bond motifs is 1. The van der Waals surface area contributed by atoms with E-state index < -0.39 is 0 Å². The van der Waals surface area contributed by atoms with E-state index in [4.69, 9.17) is 0 Å². The van der Waals surface area contributed by atoms with Crippen LogP contribution in [-0.4, -0.2) is 0 Å². The summed E-state index contributed by atoms with van der Waals surface area (Å²) in [6.45, 7) is 0. The molecule has 0 amide bonds. The van der Waals surface area contributed by atoms with Gasteiger partial charge in [-0.2, -0.15) is 0 Å². The maximum absolute atomic E-state index is 2.30. The van der Waals surface area contributed by atoms with Gasteiger partial charge in [-0.25, -0.2) is 0 Å². The molecule has 8 heavy (non-hydrogen) atoms. The van der Waals surface area contributed by atoms with Gasteiger partial charge in [0.2, 0.25) is 5.38 Å². The molecule has 0 saturated carbocycles. The molecule has 0 radical (unpaired) electrons. The quantitative estimate of drug-likeness (QED) is 0.387. The first kappa shape index (κ1) is 4.89. The average Bonchev–Trinajstić information content (AvgIpc) is 2.15. The van der Waals surface area contributed by atoms with Gasteiger partial charge in [0, 0.05) is 5.56 Å². The number of hydrogen-bond acceptors (Lipinski definition) is 1. The Balaban J connectivity index is 2.54. The van der Waals surface area contributed by atoms with E-state index in [-0.39, 0.29) is 0 Å². The second-order valence-electron chi connectivity index (χ2n) is 2.10. The van der Waals surface area contributed by atoms with Gasteiger partial charge in [-0.05, 0) is 19.3 Å². The standard InChI is InChI=1S/C6H7S2/c1-2-5-4-7-8-6(5)3-1/h4H,1-3H2/q+1. The minimum atomic E-state index is 1.34. The molecule has 1 aromatic rings. The summed E-state index contributed by atoms with van der Waals surface area (Å²) in [6.07, 6.45) is 4.09. The Hall–Kier alpha value is 0.0500. The molecule has 0 bridgehead atoms. The number of rotatable bonds is 0. The molecule has 1 aliphatic carbocycles. The smallest absolute Gasteiger partial charge is 0.0440 e. The van der Waals surface area contributed by atoms with Crippen LogP contribution in [0.4, 0.5) is 0 Å². The molecule has 2 rings (SSSR count). The second kappa shape index (κ2) is 1.78. The zero-order valence-corrected chi connectivity index (χ0v) is 6.15. The van der Waals surface area contributed by atoms with Crippen LogP contribution < -0.4 is 0 Å². The van der Waals surface area contributed by atoms with Crippen molar-refractivity contribution in [2.75, 3.05) is 0 Å². The van der Waals surface area contributed by atoms with Crippen molar-refractivity contribution in [2.24, 2.45) is 0 Å². The van der Waals surface area contributed by atoms with E-state index in [1.807, 2.05) is 20.7 Å². The van der Waals surface area contributed by atoms with Crippen molar-refractivity contribution in [3.8, 4) is 0 Å². The van der Waals surface area contributed by atoms with Crippen LogP contribution in [0.15, 0.2) is 5.38 Å². The molecule has 0 saturated heterocycles. The summed E-state index contributed by atoms with van der Waals surface area (Å²) in [5.41, 5.74) is 1.63. The second-order valence-corrected chi connectivity index (χ2v) is 4.26. The van der Waals surface area contributed by atoms with Gasteiger partial charge >= 0.3 is 0 Å². The fraction of sp³-hybridized carbons (Fsp3) is 0.500. The fourth-order valence-corrected chi connectivity index (χ4v) is 3.62. The lowest BCUT2D eigenvalue weighted by atomic mass is 10.3. The molecule has 2 heteroatoms. The minimum absolute atomic E-state index is 1.34. The Kier molecular flexibility index (Phi) is 1.09. The summed E-state index contributed by atoms with van der Waals surface area (Å²) in [5, 5.41) is 2.30. The molecular weight excluding hydrogens is 136 g/mol. The van der Waals surface area contributed by atoms with Crippen LogP contribution in [0.3, 0.4) is 0 Å². The van der Waals surface area contributed by atoms with Crippen LogP contribution in [0.25, 0.3) is 0 Å². The molecule has 0 aliphatic heterocycles. The molecule has 0 atom stereocenters. The first-order chi connectivity index (χ1) is 3.97.